The fraction of sp³-hybridized carbons (Fsp3) is 0.368. The number of nitrogens with zero attached hydrogens (tertiary/aromatic N) is 5. The van der Waals surface area contributed by atoms with Gasteiger partial charge in [-0.15, -0.1) is 22.7 Å². The Morgan fingerprint density at radius 1 is 0.662 bits per heavy atom. The lowest BCUT2D eigenvalue weighted by atomic mass is 9.87. The Balaban J connectivity index is 0.911. The van der Waals surface area contributed by atoms with Gasteiger partial charge in [-0.1, -0.05) is 71.0 Å². The zero-order valence-electron chi connectivity index (χ0n) is 43.2. The predicted molar refractivity (Wildman–Crippen MR) is 285 cm³/mol. The monoisotopic (exact) mass is 1040 g/mol. The van der Waals surface area contributed by atoms with Gasteiger partial charge in [0.05, 0.1) is 40.1 Å². The number of hydrogen-bond donors (Lipinski definition) is 1. The molecule has 9 rings (SSSR count). The first kappa shape index (κ1) is 52.0. The summed E-state index contributed by atoms with van der Waals surface area (Å²) < 4.78 is 40.6. The summed E-state index contributed by atoms with van der Waals surface area (Å²) in [6.07, 6.45) is 3.43. The molecular weight excluding hydrogens is 977 g/mol. The van der Waals surface area contributed by atoms with Crippen molar-refractivity contribution in [1.29, 1.82) is 0 Å². The van der Waals surface area contributed by atoms with Crippen LogP contribution in [0.15, 0.2) is 100 Å². The first-order valence-corrected chi connectivity index (χ1v) is 26.7. The van der Waals surface area contributed by atoms with Crippen molar-refractivity contribution in [2.45, 2.75) is 98.7 Å². The normalized spacial score (nSPS) is 12.7. The fourth-order valence-electron chi connectivity index (χ4n) is 9.10. The number of carbonyl (C=O) groups excluding carboxylic acids is 2. The molecule has 2 aliphatic rings. The maximum Gasteiger partial charge on any atom is 0.273 e. The molecule has 5 heterocycles. The average Bonchev–Trinajstić information content (AvgIpc) is 4.27. The van der Waals surface area contributed by atoms with Crippen LogP contribution in [0.2, 0.25) is 0 Å². The van der Waals surface area contributed by atoms with Gasteiger partial charge >= 0.3 is 0 Å². The summed E-state index contributed by atoms with van der Waals surface area (Å²) in [7, 11) is 3.26. The maximum absolute atomic E-state index is 13.7. The van der Waals surface area contributed by atoms with Gasteiger partial charge in [0.2, 0.25) is 13.6 Å². The Morgan fingerprint density at radius 2 is 1.23 bits per heavy atom. The highest BCUT2D eigenvalue weighted by Gasteiger charge is 2.25. The molecule has 0 bridgehead atoms. The van der Waals surface area contributed by atoms with Crippen LogP contribution in [0.1, 0.15) is 112 Å². The number of benzene rings is 4. The third-order valence-corrected chi connectivity index (χ3v) is 14.5. The summed E-state index contributed by atoms with van der Waals surface area (Å²) in [6.45, 7) is 16.0. The minimum absolute atomic E-state index is 0.0496. The van der Waals surface area contributed by atoms with Crippen LogP contribution in [-0.2, 0) is 51.2 Å². The van der Waals surface area contributed by atoms with E-state index in [1.165, 1.54) is 33.8 Å². The van der Waals surface area contributed by atoms with E-state index in [0.717, 1.165) is 62.2 Å². The number of carbonyl (C=O) groups is 2. The quantitative estimate of drug-likeness (QED) is 0.0648. The molecule has 1 N–H and O–H groups in total. The first-order valence-electron chi connectivity index (χ1n) is 25.0. The maximum atomic E-state index is 13.7. The summed E-state index contributed by atoms with van der Waals surface area (Å²) in [5.74, 6) is 4.34. The van der Waals surface area contributed by atoms with E-state index in [1.54, 1.807) is 25.9 Å². The zero-order chi connectivity index (χ0) is 51.8. The SMILES string of the molecule is CCCN(CCC)C(=O)c1csc(CN(Cc2ccc3c(c2)OCO3)Cc2c(OC)cc(OC)cc2-c2coc(CNC(=O)c3csc(CN(Cc4ccc(C(C)(C)C)cc4)Cc4ccc5c(c4)OCO5)n3)c2)n1. The Bertz CT molecular complexity index is 3050. The Hall–Kier alpha value is -6.92. The van der Waals surface area contributed by atoms with Gasteiger partial charge in [0, 0.05) is 67.2 Å². The highest BCUT2D eigenvalue weighted by molar-refractivity contribution is 7.10. The molecule has 0 saturated heterocycles. The number of methoxy groups -OCH3 is 2. The highest BCUT2D eigenvalue weighted by atomic mass is 32.1. The molecular formula is C57H64N6O9S2. The van der Waals surface area contributed by atoms with Crippen LogP contribution in [0, 0.1) is 0 Å². The van der Waals surface area contributed by atoms with E-state index in [1.807, 2.05) is 58.8 Å². The minimum atomic E-state index is -0.302. The molecule has 2 amide bonds. The van der Waals surface area contributed by atoms with Crippen molar-refractivity contribution in [1.82, 2.24) is 30.0 Å². The van der Waals surface area contributed by atoms with Gasteiger partial charge < -0.3 is 43.1 Å². The van der Waals surface area contributed by atoms with E-state index in [4.69, 9.17) is 42.8 Å². The second kappa shape index (κ2) is 23.5. The topological polar surface area (TPSA) is 150 Å². The van der Waals surface area contributed by atoms with E-state index in [2.05, 4.69) is 80.1 Å². The lowest BCUT2D eigenvalue weighted by Gasteiger charge is -2.25. The number of rotatable bonds is 23. The van der Waals surface area contributed by atoms with Crippen LogP contribution in [0.5, 0.6) is 34.5 Å². The fourth-order valence-corrected chi connectivity index (χ4v) is 10.7. The average molecular weight is 1040 g/mol. The molecule has 0 spiro atoms. The summed E-state index contributed by atoms with van der Waals surface area (Å²) in [6, 6.07) is 26.6. The van der Waals surface area contributed by atoms with Crippen molar-refractivity contribution in [3.8, 4) is 45.6 Å². The van der Waals surface area contributed by atoms with Crippen molar-refractivity contribution in [3.63, 3.8) is 0 Å². The van der Waals surface area contributed by atoms with Gasteiger partial charge in [-0.3, -0.25) is 19.4 Å². The summed E-state index contributed by atoms with van der Waals surface area (Å²) in [5, 5.41) is 8.32. The number of thiazole rings is 2. The number of aromatic nitrogens is 2. The largest absolute Gasteiger partial charge is 0.497 e. The molecule has 0 aliphatic carbocycles. The first-order chi connectivity index (χ1) is 35.9. The van der Waals surface area contributed by atoms with Gasteiger partial charge in [-0.05, 0) is 82.5 Å². The van der Waals surface area contributed by atoms with E-state index < -0.39 is 0 Å². The molecule has 74 heavy (non-hydrogen) atoms. The molecule has 17 heteroatoms. The molecule has 15 nitrogen and oxygen atoms in total. The van der Waals surface area contributed by atoms with E-state index in [-0.39, 0.29) is 37.4 Å². The lowest BCUT2D eigenvalue weighted by Crippen LogP contribution is -2.32. The van der Waals surface area contributed by atoms with Crippen LogP contribution in [0.25, 0.3) is 11.1 Å². The van der Waals surface area contributed by atoms with Gasteiger partial charge in [-0.25, -0.2) is 9.97 Å². The smallest absolute Gasteiger partial charge is 0.273 e. The molecule has 2 aliphatic heterocycles. The second-order valence-corrected chi connectivity index (χ2v) is 21.4. The molecule has 0 unspecified atom stereocenters. The van der Waals surface area contributed by atoms with Crippen molar-refractivity contribution < 1.29 is 42.4 Å². The Kier molecular flexibility index (Phi) is 16.5. The van der Waals surface area contributed by atoms with E-state index >= 15 is 0 Å². The number of hydrogen-bond acceptors (Lipinski definition) is 15. The number of amides is 2. The second-order valence-electron chi connectivity index (χ2n) is 19.5. The van der Waals surface area contributed by atoms with E-state index in [0.29, 0.717) is 92.5 Å². The number of fused-ring (bicyclic) bond motifs is 2. The number of furan rings is 1. The molecule has 0 saturated carbocycles. The predicted octanol–water partition coefficient (Wildman–Crippen LogP) is 11.2. The van der Waals surface area contributed by atoms with Gasteiger partial charge in [0.15, 0.2) is 23.0 Å². The standard InChI is InChI=1S/C57H64N6O9S2/c1-8-18-63(19-9-2)56(65)47-34-74-54(60-47)31-62(28-39-13-17-49-52(21-39)72-36-70-49)29-45-44(23-42(66-6)24-50(45)67-7)40-22-43(68-32-40)25-58-55(64)46-33-73-53(59-46)30-61(26-37-10-14-41(15-11-37)57(3,4)5)27-38-12-16-48-51(20-38)71-35-69-48/h10-17,20-24,32-34H,8-9,18-19,25-31,35-36H2,1-7H3,(H,58,64). The molecule has 3 aromatic heterocycles. The van der Waals surface area contributed by atoms with Crippen LogP contribution < -0.4 is 33.7 Å². The Labute approximate surface area is 441 Å². The summed E-state index contributed by atoms with van der Waals surface area (Å²) in [5.41, 5.74) is 7.93. The molecule has 4 aromatic carbocycles. The van der Waals surface area contributed by atoms with Gasteiger partial charge in [0.1, 0.15) is 38.7 Å². The minimum Gasteiger partial charge on any atom is -0.497 e. The molecule has 7 aromatic rings. The molecule has 0 radical (unpaired) electrons. The molecule has 0 atom stereocenters. The van der Waals surface area contributed by atoms with Crippen LogP contribution >= 0.6 is 22.7 Å². The van der Waals surface area contributed by atoms with Crippen LogP contribution in [0.4, 0.5) is 0 Å². The van der Waals surface area contributed by atoms with Crippen molar-refractivity contribution in [2.24, 2.45) is 0 Å². The molecule has 388 valence electrons. The van der Waals surface area contributed by atoms with Crippen LogP contribution in [0.3, 0.4) is 0 Å². The number of nitrogens with one attached hydrogen (secondary N) is 1. The third-order valence-electron chi connectivity index (χ3n) is 12.9. The number of ether oxygens (including phenoxy) is 6. The van der Waals surface area contributed by atoms with Crippen molar-refractivity contribution in [2.75, 3.05) is 40.9 Å². The highest BCUT2D eigenvalue weighted by Crippen LogP contribution is 2.39. The van der Waals surface area contributed by atoms with E-state index in [9.17, 15) is 9.59 Å². The van der Waals surface area contributed by atoms with Crippen LogP contribution in [-0.4, -0.2) is 77.4 Å². The Morgan fingerprint density at radius 3 is 1.82 bits per heavy atom. The summed E-state index contributed by atoms with van der Waals surface area (Å²) >= 11 is 2.94. The van der Waals surface area contributed by atoms with Gasteiger partial charge in [0.25, 0.3) is 11.8 Å². The third kappa shape index (κ3) is 12.7. The summed E-state index contributed by atoms with van der Waals surface area (Å²) in [4.78, 5) is 43.4. The van der Waals surface area contributed by atoms with Crippen molar-refractivity contribution >= 4 is 34.5 Å². The lowest BCUT2D eigenvalue weighted by molar-refractivity contribution is 0.0749. The zero-order valence-corrected chi connectivity index (χ0v) is 44.8. The molecule has 0 fully saturated rings. The van der Waals surface area contributed by atoms with Gasteiger partial charge in [-0.2, -0.15) is 0 Å². The van der Waals surface area contributed by atoms with Crippen molar-refractivity contribution in [3.05, 3.63) is 151 Å².